The lowest BCUT2D eigenvalue weighted by atomic mass is 10.4. The average molecular weight is 191 g/mol. The monoisotopic (exact) mass is 191 g/mol. The van der Waals surface area contributed by atoms with Crippen molar-refractivity contribution in [1.82, 2.24) is 14.4 Å². The highest BCUT2D eigenvalue weighted by molar-refractivity contribution is 5.93. The number of aromatic carboxylic acids is 1. The minimum Gasteiger partial charge on any atom is -0.476 e. The first-order valence-electron chi connectivity index (χ1n) is 4.28. The average Bonchev–Trinajstić information content (AvgIpc) is 2.56. The standard InChI is InChI=1S/C9H9N3O2/c1-2-7-11-8(9(13)14)6-3-4-10-5-12(6)7/h3-5H,2H2,1H3,(H,13,14). The third-order valence-electron chi connectivity index (χ3n) is 2.04. The minimum atomic E-state index is -1.01. The molecule has 0 aliphatic heterocycles. The lowest BCUT2D eigenvalue weighted by Gasteiger charge is -1.94. The van der Waals surface area contributed by atoms with Gasteiger partial charge in [0, 0.05) is 12.6 Å². The molecule has 0 saturated heterocycles. The van der Waals surface area contributed by atoms with Gasteiger partial charge in [-0.05, 0) is 6.07 Å². The molecule has 0 unspecified atom stereocenters. The largest absolute Gasteiger partial charge is 0.476 e. The van der Waals surface area contributed by atoms with E-state index in [1.807, 2.05) is 6.92 Å². The van der Waals surface area contributed by atoms with Gasteiger partial charge >= 0.3 is 5.97 Å². The van der Waals surface area contributed by atoms with Gasteiger partial charge in [0.1, 0.15) is 12.2 Å². The van der Waals surface area contributed by atoms with Gasteiger partial charge in [-0.2, -0.15) is 0 Å². The van der Waals surface area contributed by atoms with Crippen LogP contribution in [0.4, 0.5) is 0 Å². The Morgan fingerprint density at radius 1 is 1.64 bits per heavy atom. The Morgan fingerprint density at radius 3 is 3.07 bits per heavy atom. The van der Waals surface area contributed by atoms with E-state index in [1.54, 1.807) is 23.0 Å². The highest BCUT2D eigenvalue weighted by Gasteiger charge is 2.14. The van der Waals surface area contributed by atoms with Crippen LogP contribution in [0, 0.1) is 0 Å². The number of carboxylic acid groups (broad SMARTS) is 1. The highest BCUT2D eigenvalue weighted by Crippen LogP contribution is 2.12. The van der Waals surface area contributed by atoms with Gasteiger partial charge in [0.05, 0.1) is 5.52 Å². The van der Waals surface area contributed by atoms with E-state index in [0.29, 0.717) is 17.8 Å². The predicted octanol–water partition coefficient (Wildman–Crippen LogP) is 0.990. The molecule has 0 aliphatic carbocycles. The first-order valence-corrected chi connectivity index (χ1v) is 4.28. The molecule has 2 aromatic heterocycles. The lowest BCUT2D eigenvalue weighted by molar-refractivity contribution is 0.0693. The second-order valence-corrected chi connectivity index (χ2v) is 2.87. The Balaban J connectivity index is 2.80. The second kappa shape index (κ2) is 3.10. The van der Waals surface area contributed by atoms with Crippen molar-refractivity contribution in [3.63, 3.8) is 0 Å². The Hall–Kier alpha value is -1.91. The van der Waals surface area contributed by atoms with Crippen molar-refractivity contribution in [2.75, 3.05) is 0 Å². The number of carboxylic acids is 1. The van der Waals surface area contributed by atoms with Crippen LogP contribution in [0.2, 0.25) is 0 Å². The Morgan fingerprint density at radius 2 is 2.43 bits per heavy atom. The molecule has 1 N–H and O–H groups in total. The van der Waals surface area contributed by atoms with Gasteiger partial charge in [0.2, 0.25) is 0 Å². The van der Waals surface area contributed by atoms with Crippen molar-refractivity contribution in [3.8, 4) is 0 Å². The van der Waals surface area contributed by atoms with Gasteiger partial charge in [-0.3, -0.25) is 4.40 Å². The fraction of sp³-hybridized carbons (Fsp3) is 0.222. The number of nitrogens with zero attached hydrogens (tertiary/aromatic N) is 3. The smallest absolute Gasteiger partial charge is 0.356 e. The first kappa shape index (κ1) is 8.68. The summed E-state index contributed by atoms with van der Waals surface area (Å²) in [5, 5.41) is 8.90. The number of rotatable bonds is 2. The van der Waals surface area contributed by atoms with Crippen LogP contribution in [0.1, 0.15) is 23.2 Å². The summed E-state index contributed by atoms with van der Waals surface area (Å²) >= 11 is 0. The number of hydrogen-bond donors (Lipinski definition) is 1. The Bertz CT molecular complexity index is 490. The number of aryl methyl sites for hydroxylation is 1. The maximum Gasteiger partial charge on any atom is 0.356 e. The second-order valence-electron chi connectivity index (χ2n) is 2.87. The van der Waals surface area contributed by atoms with Gasteiger partial charge in [-0.25, -0.2) is 14.8 Å². The molecule has 2 aromatic rings. The molecule has 0 radical (unpaired) electrons. The predicted molar refractivity (Wildman–Crippen MR) is 49.3 cm³/mol. The maximum atomic E-state index is 10.8. The highest BCUT2D eigenvalue weighted by atomic mass is 16.4. The summed E-state index contributed by atoms with van der Waals surface area (Å²) in [7, 11) is 0. The Kier molecular flexibility index (Phi) is 1.92. The van der Waals surface area contributed by atoms with Crippen molar-refractivity contribution in [3.05, 3.63) is 30.1 Å². The summed E-state index contributed by atoms with van der Waals surface area (Å²) in [4.78, 5) is 18.8. The fourth-order valence-electron chi connectivity index (χ4n) is 1.41. The number of aromatic nitrogens is 3. The van der Waals surface area contributed by atoms with Crippen molar-refractivity contribution in [1.29, 1.82) is 0 Å². The lowest BCUT2D eigenvalue weighted by Crippen LogP contribution is -1.97. The fourth-order valence-corrected chi connectivity index (χ4v) is 1.41. The first-order chi connectivity index (χ1) is 6.74. The van der Waals surface area contributed by atoms with Crippen molar-refractivity contribution >= 4 is 11.5 Å². The van der Waals surface area contributed by atoms with E-state index in [1.165, 1.54) is 0 Å². The molecule has 14 heavy (non-hydrogen) atoms. The summed E-state index contributed by atoms with van der Waals surface area (Å²) in [5.41, 5.74) is 0.675. The molecule has 2 heterocycles. The third-order valence-corrected chi connectivity index (χ3v) is 2.04. The molecule has 5 nitrogen and oxygen atoms in total. The van der Waals surface area contributed by atoms with Crippen LogP contribution in [0.25, 0.3) is 5.52 Å². The van der Waals surface area contributed by atoms with E-state index in [-0.39, 0.29) is 5.69 Å². The van der Waals surface area contributed by atoms with E-state index in [4.69, 9.17) is 5.11 Å². The summed E-state index contributed by atoms with van der Waals surface area (Å²) in [6, 6.07) is 1.65. The zero-order chi connectivity index (χ0) is 10.1. The van der Waals surface area contributed by atoms with Crippen LogP contribution in [0.15, 0.2) is 18.6 Å². The minimum absolute atomic E-state index is 0.0873. The molecular weight excluding hydrogens is 182 g/mol. The number of carbonyl (C=O) groups is 1. The summed E-state index contributed by atoms with van der Waals surface area (Å²) in [6.45, 7) is 1.92. The Labute approximate surface area is 80.0 Å². The third kappa shape index (κ3) is 1.14. The van der Waals surface area contributed by atoms with Crippen LogP contribution in [-0.4, -0.2) is 25.4 Å². The summed E-state index contributed by atoms with van der Waals surface area (Å²) < 4.78 is 1.70. The molecule has 0 amide bonds. The molecule has 0 aliphatic rings. The van der Waals surface area contributed by atoms with Crippen LogP contribution < -0.4 is 0 Å². The quantitative estimate of drug-likeness (QED) is 0.768. The van der Waals surface area contributed by atoms with Crippen molar-refractivity contribution < 1.29 is 9.90 Å². The number of fused-ring (bicyclic) bond motifs is 1. The molecule has 0 spiro atoms. The van der Waals surface area contributed by atoms with Gasteiger partial charge in [0.15, 0.2) is 5.69 Å². The molecule has 0 fully saturated rings. The van der Waals surface area contributed by atoms with E-state index in [9.17, 15) is 4.79 Å². The van der Waals surface area contributed by atoms with Gasteiger partial charge in [0.25, 0.3) is 0 Å². The zero-order valence-corrected chi connectivity index (χ0v) is 7.64. The molecule has 5 heteroatoms. The molecular formula is C9H9N3O2. The van der Waals surface area contributed by atoms with Crippen LogP contribution >= 0.6 is 0 Å². The summed E-state index contributed by atoms with van der Waals surface area (Å²) in [6.07, 6.45) is 3.82. The van der Waals surface area contributed by atoms with Crippen molar-refractivity contribution in [2.45, 2.75) is 13.3 Å². The van der Waals surface area contributed by atoms with E-state index < -0.39 is 5.97 Å². The topological polar surface area (TPSA) is 67.5 Å². The summed E-state index contributed by atoms with van der Waals surface area (Å²) in [5.74, 6) is -0.293. The number of hydrogen-bond acceptors (Lipinski definition) is 3. The maximum absolute atomic E-state index is 10.8. The molecule has 0 aromatic carbocycles. The molecule has 0 saturated carbocycles. The molecule has 0 bridgehead atoms. The molecule has 0 atom stereocenters. The van der Waals surface area contributed by atoms with Crippen LogP contribution in [0.3, 0.4) is 0 Å². The molecule has 72 valence electrons. The van der Waals surface area contributed by atoms with E-state index >= 15 is 0 Å². The van der Waals surface area contributed by atoms with E-state index in [2.05, 4.69) is 9.97 Å². The zero-order valence-electron chi connectivity index (χ0n) is 7.64. The van der Waals surface area contributed by atoms with Crippen molar-refractivity contribution in [2.24, 2.45) is 0 Å². The number of imidazole rings is 1. The normalized spacial score (nSPS) is 10.6. The van der Waals surface area contributed by atoms with Crippen LogP contribution in [0.5, 0.6) is 0 Å². The van der Waals surface area contributed by atoms with Gasteiger partial charge in [-0.15, -0.1) is 0 Å². The molecule has 2 rings (SSSR count). The van der Waals surface area contributed by atoms with E-state index in [0.717, 1.165) is 0 Å². The van der Waals surface area contributed by atoms with Gasteiger partial charge < -0.3 is 5.11 Å². The van der Waals surface area contributed by atoms with Crippen LogP contribution in [-0.2, 0) is 6.42 Å². The SMILES string of the molecule is CCc1nc(C(=O)O)c2ccncn12. The van der Waals surface area contributed by atoms with Gasteiger partial charge in [-0.1, -0.05) is 6.92 Å².